The first-order chi connectivity index (χ1) is 12.3. The van der Waals surface area contributed by atoms with Gasteiger partial charge < -0.3 is 10.2 Å². The molecular formula is C21H25ClN2O2. The number of aryl methyl sites for hydroxylation is 2. The van der Waals surface area contributed by atoms with Crippen molar-refractivity contribution in [1.29, 1.82) is 0 Å². The van der Waals surface area contributed by atoms with Gasteiger partial charge in [0.2, 0.25) is 11.8 Å². The van der Waals surface area contributed by atoms with Crippen molar-refractivity contribution < 1.29 is 9.59 Å². The van der Waals surface area contributed by atoms with E-state index in [0.29, 0.717) is 18.1 Å². The van der Waals surface area contributed by atoms with Crippen LogP contribution < -0.4 is 5.32 Å². The van der Waals surface area contributed by atoms with Gasteiger partial charge >= 0.3 is 0 Å². The van der Waals surface area contributed by atoms with E-state index in [-0.39, 0.29) is 18.2 Å². The monoisotopic (exact) mass is 372 g/mol. The molecule has 138 valence electrons. The summed E-state index contributed by atoms with van der Waals surface area (Å²) in [5.41, 5.74) is 4.06. The van der Waals surface area contributed by atoms with Gasteiger partial charge in [-0.3, -0.25) is 9.59 Å². The van der Waals surface area contributed by atoms with E-state index < -0.39 is 0 Å². The highest BCUT2D eigenvalue weighted by molar-refractivity contribution is 6.30. The van der Waals surface area contributed by atoms with E-state index in [4.69, 9.17) is 11.6 Å². The number of amides is 2. The second-order valence-electron chi connectivity index (χ2n) is 6.50. The Balaban J connectivity index is 1.87. The summed E-state index contributed by atoms with van der Waals surface area (Å²) in [6.45, 7) is 6.46. The molecule has 0 heterocycles. The molecule has 2 amide bonds. The van der Waals surface area contributed by atoms with Crippen molar-refractivity contribution in [2.75, 3.05) is 18.4 Å². The summed E-state index contributed by atoms with van der Waals surface area (Å²) in [7, 11) is 0. The van der Waals surface area contributed by atoms with Gasteiger partial charge in [-0.15, -0.1) is 0 Å². The van der Waals surface area contributed by atoms with E-state index >= 15 is 0 Å². The average molecular weight is 373 g/mol. The largest absolute Gasteiger partial charge is 0.342 e. The van der Waals surface area contributed by atoms with Crippen LogP contribution in [-0.2, 0) is 16.0 Å². The fourth-order valence-corrected chi connectivity index (χ4v) is 2.79. The lowest BCUT2D eigenvalue weighted by molar-refractivity contribution is -0.129. The van der Waals surface area contributed by atoms with Crippen LogP contribution in [0.15, 0.2) is 42.5 Å². The number of halogens is 1. The second kappa shape index (κ2) is 9.39. The van der Waals surface area contributed by atoms with Gasteiger partial charge in [-0.05, 0) is 55.2 Å². The topological polar surface area (TPSA) is 49.4 Å². The number of anilines is 1. The van der Waals surface area contributed by atoms with Crippen LogP contribution in [0, 0.1) is 13.8 Å². The minimum absolute atomic E-state index is 0.0292. The lowest BCUT2D eigenvalue weighted by Crippen LogP contribution is -2.33. The van der Waals surface area contributed by atoms with Crippen molar-refractivity contribution in [3.63, 3.8) is 0 Å². The highest BCUT2D eigenvalue weighted by atomic mass is 35.5. The van der Waals surface area contributed by atoms with E-state index in [0.717, 1.165) is 28.8 Å². The van der Waals surface area contributed by atoms with Crippen molar-refractivity contribution in [1.82, 2.24) is 4.90 Å². The molecule has 1 N–H and O–H groups in total. The molecule has 0 aromatic heterocycles. The maximum Gasteiger partial charge on any atom is 0.226 e. The van der Waals surface area contributed by atoms with Crippen molar-refractivity contribution in [2.45, 2.75) is 33.6 Å². The number of benzene rings is 2. The number of hydrogen-bond donors (Lipinski definition) is 1. The van der Waals surface area contributed by atoms with Gasteiger partial charge in [0, 0.05) is 37.1 Å². The highest BCUT2D eigenvalue weighted by Gasteiger charge is 2.12. The Morgan fingerprint density at radius 2 is 1.73 bits per heavy atom. The molecular weight excluding hydrogens is 348 g/mol. The molecule has 0 saturated heterocycles. The van der Waals surface area contributed by atoms with Gasteiger partial charge in [0.05, 0.1) is 0 Å². The molecule has 5 heteroatoms. The molecule has 0 aliphatic rings. The van der Waals surface area contributed by atoms with E-state index in [9.17, 15) is 9.59 Å². The van der Waals surface area contributed by atoms with Crippen LogP contribution in [-0.4, -0.2) is 29.8 Å². The third-order valence-electron chi connectivity index (χ3n) is 4.30. The quantitative estimate of drug-likeness (QED) is 0.784. The third kappa shape index (κ3) is 6.19. The Morgan fingerprint density at radius 3 is 2.38 bits per heavy atom. The Morgan fingerprint density at radius 1 is 1.04 bits per heavy atom. The first-order valence-corrected chi connectivity index (χ1v) is 9.10. The van der Waals surface area contributed by atoms with Crippen LogP contribution in [0.4, 0.5) is 5.69 Å². The van der Waals surface area contributed by atoms with Crippen LogP contribution in [0.5, 0.6) is 0 Å². The van der Waals surface area contributed by atoms with Crippen LogP contribution in [0.2, 0.25) is 5.02 Å². The molecule has 0 saturated carbocycles. The van der Waals surface area contributed by atoms with Crippen LogP contribution >= 0.6 is 11.6 Å². The van der Waals surface area contributed by atoms with Crippen molar-refractivity contribution in [3.05, 3.63) is 64.2 Å². The average Bonchev–Trinajstić information content (AvgIpc) is 2.59. The van der Waals surface area contributed by atoms with Crippen LogP contribution in [0.25, 0.3) is 0 Å². The minimum Gasteiger partial charge on any atom is -0.342 e. The van der Waals surface area contributed by atoms with E-state index in [2.05, 4.69) is 5.32 Å². The highest BCUT2D eigenvalue weighted by Crippen LogP contribution is 2.16. The summed E-state index contributed by atoms with van der Waals surface area (Å²) in [4.78, 5) is 25.8. The lowest BCUT2D eigenvalue weighted by Gasteiger charge is -2.21. The number of nitrogens with zero attached hydrogens (tertiary/aromatic N) is 1. The second-order valence-corrected chi connectivity index (χ2v) is 6.94. The SMILES string of the molecule is CC(=O)N(CCC(=O)Nc1cc(C)ccc1C)CCc1ccc(Cl)cc1. The smallest absolute Gasteiger partial charge is 0.226 e. The molecule has 26 heavy (non-hydrogen) atoms. The Bertz CT molecular complexity index is 772. The summed E-state index contributed by atoms with van der Waals surface area (Å²) in [6.07, 6.45) is 1.00. The van der Waals surface area contributed by atoms with Gasteiger partial charge in [-0.25, -0.2) is 0 Å². The summed E-state index contributed by atoms with van der Waals surface area (Å²) in [5, 5.41) is 3.63. The summed E-state index contributed by atoms with van der Waals surface area (Å²) in [6, 6.07) is 13.5. The third-order valence-corrected chi connectivity index (χ3v) is 4.56. The van der Waals surface area contributed by atoms with Gasteiger partial charge in [0.1, 0.15) is 0 Å². The number of rotatable bonds is 7. The molecule has 0 spiro atoms. The molecule has 0 aliphatic heterocycles. The van der Waals surface area contributed by atoms with Crippen molar-refractivity contribution in [3.8, 4) is 0 Å². The zero-order chi connectivity index (χ0) is 19.1. The zero-order valence-electron chi connectivity index (χ0n) is 15.5. The van der Waals surface area contributed by atoms with E-state index in [1.165, 1.54) is 6.92 Å². The first-order valence-electron chi connectivity index (χ1n) is 8.72. The minimum atomic E-state index is -0.0866. The van der Waals surface area contributed by atoms with Gasteiger partial charge in [0.25, 0.3) is 0 Å². The van der Waals surface area contributed by atoms with Gasteiger partial charge in [-0.2, -0.15) is 0 Å². The van der Waals surface area contributed by atoms with Crippen molar-refractivity contribution in [2.24, 2.45) is 0 Å². The predicted molar refractivity (Wildman–Crippen MR) is 107 cm³/mol. The van der Waals surface area contributed by atoms with Crippen LogP contribution in [0.1, 0.15) is 30.0 Å². The zero-order valence-corrected chi connectivity index (χ0v) is 16.3. The summed E-state index contributed by atoms with van der Waals surface area (Å²) >= 11 is 5.89. The lowest BCUT2D eigenvalue weighted by atomic mass is 10.1. The predicted octanol–water partition coefficient (Wildman–Crippen LogP) is 4.38. The molecule has 0 atom stereocenters. The molecule has 2 aromatic carbocycles. The fraction of sp³-hybridized carbons (Fsp3) is 0.333. The molecule has 2 aromatic rings. The maximum atomic E-state index is 12.3. The van der Waals surface area contributed by atoms with E-state index in [1.807, 2.05) is 56.3 Å². The Kier molecular flexibility index (Phi) is 7.22. The molecule has 0 fully saturated rings. The normalized spacial score (nSPS) is 10.5. The summed E-state index contributed by atoms with van der Waals surface area (Å²) < 4.78 is 0. The molecule has 0 bridgehead atoms. The van der Waals surface area contributed by atoms with Gasteiger partial charge in [0.15, 0.2) is 0 Å². The maximum absolute atomic E-state index is 12.3. The molecule has 2 rings (SSSR count). The Hall–Kier alpha value is -2.33. The van der Waals surface area contributed by atoms with Gasteiger partial charge in [-0.1, -0.05) is 35.9 Å². The number of nitrogens with one attached hydrogen (secondary N) is 1. The molecule has 4 nitrogen and oxygen atoms in total. The van der Waals surface area contributed by atoms with Crippen LogP contribution in [0.3, 0.4) is 0 Å². The molecule has 0 unspecified atom stereocenters. The standard InChI is InChI=1S/C21H25ClN2O2/c1-15-4-5-16(2)20(14-15)23-21(26)11-13-24(17(3)25)12-10-18-6-8-19(22)9-7-18/h4-9,14H,10-13H2,1-3H3,(H,23,26). The molecule has 0 radical (unpaired) electrons. The van der Waals surface area contributed by atoms with E-state index in [1.54, 1.807) is 4.90 Å². The summed E-state index contributed by atoms with van der Waals surface area (Å²) in [5.74, 6) is -0.116. The first kappa shape index (κ1) is 20.0. The number of carbonyl (C=O) groups is 2. The number of carbonyl (C=O) groups excluding carboxylic acids is 2. The van der Waals surface area contributed by atoms with Crippen molar-refractivity contribution >= 4 is 29.1 Å². The molecule has 0 aliphatic carbocycles. The fourth-order valence-electron chi connectivity index (χ4n) is 2.66. The Labute approximate surface area is 160 Å². The number of hydrogen-bond acceptors (Lipinski definition) is 2.